The van der Waals surface area contributed by atoms with Crippen LogP contribution in [0.3, 0.4) is 0 Å². The maximum atomic E-state index is 13.0. The summed E-state index contributed by atoms with van der Waals surface area (Å²) < 4.78 is 13.0. The molecule has 2 unspecified atom stereocenters. The van der Waals surface area contributed by atoms with Crippen LogP contribution in [0.2, 0.25) is 0 Å². The summed E-state index contributed by atoms with van der Waals surface area (Å²) >= 11 is 0. The zero-order valence-electron chi connectivity index (χ0n) is 12.9. The molecule has 5 heteroatoms. The Balaban J connectivity index is 1.25. The maximum Gasteiger partial charge on any atom is 0.123 e. The van der Waals surface area contributed by atoms with Crippen LogP contribution in [0, 0.1) is 5.82 Å². The fourth-order valence-corrected chi connectivity index (χ4v) is 3.88. The Bertz CT molecular complexity index is 509. The van der Waals surface area contributed by atoms with Crippen molar-refractivity contribution in [3.63, 3.8) is 0 Å². The van der Waals surface area contributed by atoms with Gasteiger partial charge in [-0.1, -0.05) is 0 Å². The van der Waals surface area contributed by atoms with E-state index in [1.807, 2.05) is 12.1 Å². The van der Waals surface area contributed by atoms with E-state index in [4.69, 9.17) is 0 Å². The number of benzene rings is 1. The lowest BCUT2D eigenvalue weighted by Crippen LogP contribution is -2.68. The van der Waals surface area contributed by atoms with Crippen LogP contribution in [-0.4, -0.2) is 72.4 Å². The minimum Gasteiger partial charge on any atom is -0.391 e. The molecule has 4 rings (SSSR count). The number of hydrogen-bond donors (Lipinski definition) is 1. The topological polar surface area (TPSA) is 30.0 Å². The number of hydrogen-bond acceptors (Lipinski definition) is 4. The summed E-state index contributed by atoms with van der Waals surface area (Å²) in [5.41, 5.74) is 1.12. The van der Waals surface area contributed by atoms with E-state index in [0.717, 1.165) is 57.8 Å². The minimum absolute atomic E-state index is 0.0868. The molecule has 1 aromatic carbocycles. The van der Waals surface area contributed by atoms with Gasteiger partial charge in [-0.15, -0.1) is 0 Å². The van der Waals surface area contributed by atoms with Crippen molar-refractivity contribution >= 4 is 5.69 Å². The Labute approximate surface area is 131 Å². The Morgan fingerprint density at radius 3 is 2.14 bits per heavy atom. The van der Waals surface area contributed by atoms with Gasteiger partial charge in [0.2, 0.25) is 0 Å². The molecule has 2 atom stereocenters. The van der Waals surface area contributed by atoms with Gasteiger partial charge in [0.15, 0.2) is 0 Å². The van der Waals surface area contributed by atoms with Gasteiger partial charge in [-0.2, -0.15) is 0 Å². The predicted molar refractivity (Wildman–Crippen MR) is 84.6 cm³/mol. The Hall–Kier alpha value is -1.17. The lowest BCUT2D eigenvalue weighted by molar-refractivity contribution is -0.0817. The molecule has 3 aliphatic rings. The van der Waals surface area contributed by atoms with Crippen LogP contribution in [0.1, 0.15) is 12.8 Å². The van der Waals surface area contributed by atoms with Gasteiger partial charge in [-0.3, -0.25) is 9.80 Å². The molecule has 0 spiro atoms. The van der Waals surface area contributed by atoms with Crippen molar-refractivity contribution in [1.82, 2.24) is 9.80 Å². The van der Waals surface area contributed by atoms with Gasteiger partial charge in [-0.05, 0) is 37.1 Å². The highest BCUT2D eigenvalue weighted by Gasteiger charge is 2.42. The third-order valence-corrected chi connectivity index (χ3v) is 5.58. The van der Waals surface area contributed by atoms with Crippen LogP contribution in [-0.2, 0) is 0 Å². The van der Waals surface area contributed by atoms with Gasteiger partial charge >= 0.3 is 0 Å². The predicted octanol–water partition coefficient (Wildman–Crippen LogP) is 1.16. The fourth-order valence-electron chi connectivity index (χ4n) is 3.88. The molecule has 0 amide bonds. The Kier molecular flexibility index (Phi) is 3.80. The second-order valence-electron chi connectivity index (χ2n) is 6.82. The molecule has 1 saturated carbocycles. The van der Waals surface area contributed by atoms with E-state index >= 15 is 0 Å². The normalized spacial score (nSPS) is 30.9. The molecule has 120 valence electrons. The average molecular weight is 305 g/mol. The summed E-state index contributed by atoms with van der Waals surface area (Å²) in [6.45, 7) is 6.38. The van der Waals surface area contributed by atoms with Crippen LogP contribution in [0.5, 0.6) is 0 Å². The number of nitrogens with zero attached hydrogens (tertiary/aromatic N) is 3. The third-order valence-electron chi connectivity index (χ3n) is 5.58. The van der Waals surface area contributed by atoms with E-state index in [2.05, 4.69) is 14.7 Å². The number of likely N-dealkylation sites (tertiary alicyclic amines) is 1. The van der Waals surface area contributed by atoms with Crippen LogP contribution >= 0.6 is 0 Å². The summed E-state index contributed by atoms with van der Waals surface area (Å²) in [5.74, 6) is -0.171. The molecular formula is C17H24FN3O. The molecule has 1 aromatic rings. The first-order valence-electron chi connectivity index (χ1n) is 8.37. The summed E-state index contributed by atoms with van der Waals surface area (Å²) in [7, 11) is 0. The van der Waals surface area contributed by atoms with Crippen molar-refractivity contribution in [3.05, 3.63) is 30.1 Å². The summed E-state index contributed by atoms with van der Waals surface area (Å²) in [6, 6.07) is 7.90. The standard InChI is InChI=1S/C17H24FN3O/c18-13-1-3-14(4-2-13)19-7-9-20(10-8-19)15-11-21(12-15)16-5-6-17(16)22/h1-4,15-17,22H,5-12H2. The molecule has 2 saturated heterocycles. The third kappa shape index (κ3) is 2.62. The molecule has 4 nitrogen and oxygen atoms in total. The van der Waals surface area contributed by atoms with Crippen molar-refractivity contribution < 1.29 is 9.50 Å². The van der Waals surface area contributed by atoms with Gasteiger partial charge in [0.1, 0.15) is 5.82 Å². The largest absolute Gasteiger partial charge is 0.391 e. The molecular weight excluding hydrogens is 281 g/mol. The molecule has 0 radical (unpaired) electrons. The molecule has 3 fully saturated rings. The second-order valence-corrected chi connectivity index (χ2v) is 6.82. The van der Waals surface area contributed by atoms with Gasteiger partial charge < -0.3 is 10.0 Å². The molecule has 2 aliphatic heterocycles. The minimum atomic E-state index is -0.171. The molecule has 1 N–H and O–H groups in total. The van der Waals surface area contributed by atoms with E-state index in [1.165, 1.54) is 12.1 Å². The number of anilines is 1. The van der Waals surface area contributed by atoms with Crippen molar-refractivity contribution in [1.29, 1.82) is 0 Å². The average Bonchev–Trinajstić information content (AvgIpc) is 2.50. The molecule has 0 bridgehead atoms. The first-order valence-corrected chi connectivity index (χ1v) is 8.37. The quantitative estimate of drug-likeness (QED) is 0.907. The second kappa shape index (κ2) is 5.80. The van der Waals surface area contributed by atoms with Gasteiger partial charge in [0.05, 0.1) is 6.10 Å². The summed E-state index contributed by atoms with van der Waals surface area (Å²) in [4.78, 5) is 7.34. The molecule has 2 heterocycles. The van der Waals surface area contributed by atoms with Crippen molar-refractivity contribution in [2.75, 3.05) is 44.2 Å². The number of aliphatic hydroxyl groups is 1. The van der Waals surface area contributed by atoms with Crippen molar-refractivity contribution in [2.45, 2.75) is 31.0 Å². The van der Waals surface area contributed by atoms with E-state index < -0.39 is 0 Å². The van der Waals surface area contributed by atoms with Crippen LogP contribution in [0.15, 0.2) is 24.3 Å². The first-order chi connectivity index (χ1) is 10.7. The lowest BCUT2D eigenvalue weighted by atomic mass is 9.85. The Morgan fingerprint density at radius 1 is 0.909 bits per heavy atom. The van der Waals surface area contributed by atoms with Gasteiger partial charge in [-0.25, -0.2) is 4.39 Å². The SMILES string of the molecule is OC1CCC1N1CC(N2CCN(c3ccc(F)cc3)CC2)C1. The summed E-state index contributed by atoms with van der Waals surface area (Å²) in [5, 5.41) is 9.73. The van der Waals surface area contributed by atoms with Crippen LogP contribution < -0.4 is 4.90 Å². The highest BCUT2D eigenvalue weighted by molar-refractivity contribution is 5.46. The number of halogens is 1. The Morgan fingerprint density at radius 2 is 1.59 bits per heavy atom. The van der Waals surface area contributed by atoms with Gasteiger partial charge in [0.25, 0.3) is 0 Å². The maximum absolute atomic E-state index is 13.0. The molecule has 0 aromatic heterocycles. The highest BCUT2D eigenvalue weighted by Crippen LogP contribution is 2.31. The van der Waals surface area contributed by atoms with E-state index in [9.17, 15) is 9.50 Å². The van der Waals surface area contributed by atoms with E-state index in [0.29, 0.717) is 12.1 Å². The van der Waals surface area contributed by atoms with Crippen molar-refractivity contribution in [3.8, 4) is 0 Å². The van der Waals surface area contributed by atoms with Crippen molar-refractivity contribution in [2.24, 2.45) is 0 Å². The number of piperazine rings is 1. The highest BCUT2D eigenvalue weighted by atomic mass is 19.1. The summed E-state index contributed by atoms with van der Waals surface area (Å²) in [6.07, 6.45) is 2.05. The smallest absolute Gasteiger partial charge is 0.123 e. The van der Waals surface area contributed by atoms with Crippen LogP contribution in [0.25, 0.3) is 0 Å². The van der Waals surface area contributed by atoms with E-state index in [1.54, 1.807) is 0 Å². The molecule has 22 heavy (non-hydrogen) atoms. The van der Waals surface area contributed by atoms with Gasteiger partial charge in [0, 0.05) is 57.0 Å². The van der Waals surface area contributed by atoms with E-state index in [-0.39, 0.29) is 11.9 Å². The number of rotatable bonds is 3. The molecule has 1 aliphatic carbocycles. The van der Waals surface area contributed by atoms with Crippen LogP contribution in [0.4, 0.5) is 10.1 Å². The monoisotopic (exact) mass is 305 g/mol. The lowest BCUT2D eigenvalue weighted by Gasteiger charge is -2.54. The first kappa shape index (κ1) is 14.4. The number of aliphatic hydroxyl groups excluding tert-OH is 1. The zero-order valence-corrected chi connectivity index (χ0v) is 12.9. The zero-order chi connectivity index (χ0) is 15.1. The fraction of sp³-hybridized carbons (Fsp3) is 0.647.